The zero-order valence-electron chi connectivity index (χ0n) is 17.0. The van der Waals surface area contributed by atoms with Crippen LogP contribution in [0.3, 0.4) is 0 Å². The quantitative estimate of drug-likeness (QED) is 0.271. The highest BCUT2D eigenvalue weighted by Crippen LogP contribution is 2.22. The molecule has 10 heteroatoms. The predicted octanol–water partition coefficient (Wildman–Crippen LogP) is 3.01. The number of rotatable bonds is 9. The monoisotopic (exact) mass is 427 g/mol. The van der Waals surface area contributed by atoms with Crippen LogP contribution in [0.4, 0.5) is 17.1 Å². The van der Waals surface area contributed by atoms with E-state index in [0.29, 0.717) is 16.8 Å². The molecule has 0 aromatic heterocycles. The molecule has 2 aromatic rings. The zero-order valence-corrected chi connectivity index (χ0v) is 17.0. The average Bonchev–Trinajstić information content (AvgIpc) is 2.72. The lowest BCUT2D eigenvalue weighted by atomic mass is 10.1. The van der Waals surface area contributed by atoms with Crippen LogP contribution in [-0.4, -0.2) is 35.1 Å². The average molecular weight is 427 g/mol. The van der Waals surface area contributed by atoms with Crippen LogP contribution in [0.1, 0.15) is 35.7 Å². The van der Waals surface area contributed by atoms with E-state index in [2.05, 4.69) is 10.6 Å². The van der Waals surface area contributed by atoms with Crippen LogP contribution >= 0.6 is 0 Å². The van der Waals surface area contributed by atoms with Crippen molar-refractivity contribution in [1.82, 2.24) is 0 Å². The number of hydrogen-bond acceptors (Lipinski definition) is 7. The van der Waals surface area contributed by atoms with Crippen LogP contribution in [0.15, 0.2) is 42.5 Å². The Labute approximate surface area is 177 Å². The lowest BCUT2D eigenvalue weighted by molar-refractivity contribution is -0.385. The van der Waals surface area contributed by atoms with Gasteiger partial charge in [-0.25, -0.2) is 0 Å². The number of Topliss-reactive ketones (excluding diaryl/α,β-unsaturated/α-hetero) is 1. The van der Waals surface area contributed by atoms with Gasteiger partial charge in [0.05, 0.1) is 11.3 Å². The second kappa shape index (κ2) is 10.6. The number of ether oxygens (including phenoxy) is 1. The van der Waals surface area contributed by atoms with Crippen molar-refractivity contribution < 1.29 is 28.8 Å². The fourth-order valence-corrected chi connectivity index (χ4v) is 2.53. The van der Waals surface area contributed by atoms with E-state index in [1.54, 1.807) is 31.2 Å². The Bertz CT molecular complexity index is 1020. The highest BCUT2D eigenvalue weighted by molar-refractivity contribution is 5.96. The van der Waals surface area contributed by atoms with E-state index in [9.17, 15) is 29.3 Å². The van der Waals surface area contributed by atoms with Crippen LogP contribution in [-0.2, 0) is 19.1 Å². The molecule has 2 amide bonds. The van der Waals surface area contributed by atoms with Gasteiger partial charge in [-0.15, -0.1) is 0 Å². The first-order valence-electron chi connectivity index (χ1n) is 9.27. The molecule has 0 atom stereocenters. The van der Waals surface area contributed by atoms with Crippen molar-refractivity contribution in [2.75, 3.05) is 17.2 Å². The highest BCUT2D eigenvalue weighted by atomic mass is 16.6. The molecule has 0 aliphatic heterocycles. The van der Waals surface area contributed by atoms with Gasteiger partial charge in [0.25, 0.3) is 11.6 Å². The summed E-state index contributed by atoms with van der Waals surface area (Å²) in [7, 11) is 0. The summed E-state index contributed by atoms with van der Waals surface area (Å²) >= 11 is 0. The molecule has 0 bridgehead atoms. The maximum absolute atomic E-state index is 11.9. The summed E-state index contributed by atoms with van der Waals surface area (Å²) in [4.78, 5) is 57.1. The number of nitro benzene ring substituents is 1. The number of ketones is 1. The van der Waals surface area contributed by atoms with Crippen molar-refractivity contribution in [1.29, 1.82) is 0 Å². The van der Waals surface area contributed by atoms with E-state index < -0.39 is 29.3 Å². The number of nitrogens with zero attached hydrogens (tertiary/aromatic N) is 1. The largest absolute Gasteiger partial charge is 0.456 e. The molecule has 0 saturated heterocycles. The van der Waals surface area contributed by atoms with Gasteiger partial charge in [-0.1, -0.05) is 6.07 Å². The maximum atomic E-state index is 11.9. The van der Waals surface area contributed by atoms with Gasteiger partial charge in [-0.3, -0.25) is 29.3 Å². The Morgan fingerprint density at radius 1 is 0.935 bits per heavy atom. The molecule has 2 aromatic carbocycles. The van der Waals surface area contributed by atoms with E-state index in [0.717, 1.165) is 0 Å². The van der Waals surface area contributed by atoms with E-state index >= 15 is 0 Å². The molecule has 0 aliphatic rings. The van der Waals surface area contributed by atoms with E-state index in [1.807, 2.05) is 0 Å². The van der Waals surface area contributed by atoms with Gasteiger partial charge in [0.1, 0.15) is 0 Å². The van der Waals surface area contributed by atoms with Crippen LogP contribution in [0, 0.1) is 17.0 Å². The first-order valence-corrected chi connectivity index (χ1v) is 9.27. The van der Waals surface area contributed by atoms with Crippen molar-refractivity contribution in [3.63, 3.8) is 0 Å². The molecular weight excluding hydrogens is 406 g/mol. The van der Waals surface area contributed by atoms with E-state index in [-0.39, 0.29) is 30.0 Å². The number of carbonyl (C=O) groups is 4. The number of amides is 2. The number of nitro groups is 1. The predicted molar refractivity (Wildman–Crippen MR) is 112 cm³/mol. The molecule has 10 nitrogen and oxygen atoms in total. The molecule has 0 spiro atoms. The Morgan fingerprint density at radius 2 is 1.55 bits per heavy atom. The summed E-state index contributed by atoms with van der Waals surface area (Å²) in [5.74, 6) is -1.93. The van der Waals surface area contributed by atoms with Crippen molar-refractivity contribution in [3.8, 4) is 0 Å². The molecule has 0 fully saturated rings. The Hall–Kier alpha value is -4.08. The van der Waals surface area contributed by atoms with Crippen molar-refractivity contribution in [2.24, 2.45) is 0 Å². The molecule has 0 saturated carbocycles. The third-order valence-corrected chi connectivity index (χ3v) is 4.19. The minimum Gasteiger partial charge on any atom is -0.456 e. The second-order valence-corrected chi connectivity index (χ2v) is 6.65. The number of esters is 1. The number of benzene rings is 2. The summed E-state index contributed by atoms with van der Waals surface area (Å²) in [6, 6.07) is 10.5. The SMILES string of the molecule is CC(=O)c1ccc(NC(=O)CCC(=O)OCC(=O)Nc2ccc(C)c([N+](=O)[O-])c2)cc1. The first-order chi connectivity index (χ1) is 14.7. The van der Waals surface area contributed by atoms with Crippen molar-refractivity contribution >= 4 is 40.6 Å². The highest BCUT2D eigenvalue weighted by Gasteiger charge is 2.14. The number of carbonyl (C=O) groups excluding carboxylic acids is 4. The summed E-state index contributed by atoms with van der Waals surface area (Å²) in [6.45, 7) is 2.42. The van der Waals surface area contributed by atoms with Crippen LogP contribution in [0.5, 0.6) is 0 Å². The Balaban J connectivity index is 1.74. The molecule has 2 rings (SSSR count). The third-order valence-electron chi connectivity index (χ3n) is 4.19. The number of aryl methyl sites for hydroxylation is 1. The van der Waals surface area contributed by atoms with Crippen LogP contribution in [0.2, 0.25) is 0 Å². The summed E-state index contributed by atoms with van der Waals surface area (Å²) < 4.78 is 4.82. The lowest BCUT2D eigenvalue weighted by Crippen LogP contribution is -2.21. The van der Waals surface area contributed by atoms with Gasteiger partial charge in [0, 0.05) is 35.0 Å². The van der Waals surface area contributed by atoms with Crippen LogP contribution in [0.25, 0.3) is 0 Å². The summed E-state index contributed by atoms with van der Waals surface area (Å²) in [5, 5.41) is 15.9. The van der Waals surface area contributed by atoms with Crippen molar-refractivity contribution in [3.05, 3.63) is 63.7 Å². The third kappa shape index (κ3) is 7.35. The van der Waals surface area contributed by atoms with Crippen molar-refractivity contribution in [2.45, 2.75) is 26.7 Å². The molecule has 31 heavy (non-hydrogen) atoms. The van der Waals surface area contributed by atoms with Gasteiger partial charge in [0.15, 0.2) is 12.4 Å². The normalized spacial score (nSPS) is 10.1. The minimum atomic E-state index is -0.743. The maximum Gasteiger partial charge on any atom is 0.306 e. The van der Waals surface area contributed by atoms with Gasteiger partial charge in [-0.2, -0.15) is 0 Å². The first kappa shape index (κ1) is 23.2. The standard InChI is InChI=1S/C21H21N3O7/c1-13-3-6-17(11-18(13)24(29)30)23-20(27)12-31-21(28)10-9-19(26)22-16-7-4-15(5-8-16)14(2)25/h3-8,11H,9-10,12H2,1-2H3,(H,22,26)(H,23,27). The molecular formula is C21H21N3O7. The Morgan fingerprint density at radius 3 is 2.16 bits per heavy atom. The molecule has 0 heterocycles. The molecule has 2 N–H and O–H groups in total. The van der Waals surface area contributed by atoms with Gasteiger partial charge in [-0.05, 0) is 44.2 Å². The van der Waals surface area contributed by atoms with E-state index in [1.165, 1.54) is 25.1 Å². The zero-order chi connectivity index (χ0) is 23.0. The summed E-state index contributed by atoms with van der Waals surface area (Å²) in [6.07, 6.45) is -0.389. The second-order valence-electron chi connectivity index (χ2n) is 6.65. The smallest absolute Gasteiger partial charge is 0.306 e. The fraction of sp³-hybridized carbons (Fsp3) is 0.238. The molecule has 162 valence electrons. The molecule has 0 radical (unpaired) electrons. The Kier molecular flexibility index (Phi) is 7.95. The van der Waals surface area contributed by atoms with E-state index in [4.69, 9.17) is 4.74 Å². The lowest BCUT2D eigenvalue weighted by Gasteiger charge is -2.08. The van der Waals surface area contributed by atoms with Gasteiger partial charge in [0.2, 0.25) is 5.91 Å². The molecule has 0 aliphatic carbocycles. The van der Waals surface area contributed by atoms with Crippen LogP contribution < -0.4 is 10.6 Å². The fourth-order valence-electron chi connectivity index (χ4n) is 2.53. The van der Waals surface area contributed by atoms with Gasteiger partial charge < -0.3 is 15.4 Å². The molecule has 0 unspecified atom stereocenters. The summed E-state index contributed by atoms with van der Waals surface area (Å²) in [5.41, 5.74) is 1.50. The number of anilines is 2. The number of nitrogens with one attached hydrogen (secondary N) is 2. The van der Waals surface area contributed by atoms with Gasteiger partial charge >= 0.3 is 5.97 Å². The minimum absolute atomic E-state index is 0.0924. The topological polar surface area (TPSA) is 145 Å². The number of hydrogen-bond donors (Lipinski definition) is 2.